The van der Waals surface area contributed by atoms with Gasteiger partial charge in [0.05, 0.1) is 5.69 Å². The number of hydrogen-bond acceptors (Lipinski definition) is 4. The highest BCUT2D eigenvalue weighted by Gasteiger charge is 2.14. The first kappa shape index (κ1) is 17.5. The molecule has 1 aliphatic rings. The van der Waals surface area contributed by atoms with Crippen molar-refractivity contribution in [3.05, 3.63) is 41.2 Å². The van der Waals surface area contributed by atoms with Gasteiger partial charge in [0, 0.05) is 49.7 Å². The van der Waals surface area contributed by atoms with Crippen LogP contribution >= 0.6 is 0 Å². The predicted octanol–water partition coefficient (Wildman–Crippen LogP) is 2.35. The van der Waals surface area contributed by atoms with Crippen molar-refractivity contribution < 1.29 is 4.79 Å². The van der Waals surface area contributed by atoms with E-state index in [0.29, 0.717) is 12.8 Å². The number of anilines is 2. The molecular formula is C19H27N5O. The number of aromatic amines is 1. The Morgan fingerprint density at radius 2 is 1.84 bits per heavy atom. The molecule has 25 heavy (non-hydrogen) atoms. The molecule has 2 aromatic rings. The fourth-order valence-electron chi connectivity index (χ4n) is 3.22. The quantitative estimate of drug-likeness (QED) is 0.876. The molecule has 1 fully saturated rings. The van der Waals surface area contributed by atoms with E-state index in [0.717, 1.165) is 48.8 Å². The molecule has 0 spiro atoms. The zero-order valence-corrected chi connectivity index (χ0v) is 15.3. The Kier molecular flexibility index (Phi) is 5.38. The standard InChI is InChI=1S/C19H27N5O/c1-14-18(15(2)22-21-14)8-9-19(25)20-16-4-6-17(7-5-16)24-12-10-23(3)11-13-24/h4-7H,8-13H2,1-3H3,(H,20,25)(H,21,22). The number of piperazine rings is 1. The minimum absolute atomic E-state index is 0.0346. The number of nitrogens with zero attached hydrogens (tertiary/aromatic N) is 3. The lowest BCUT2D eigenvalue weighted by atomic mass is 10.1. The molecule has 0 atom stereocenters. The van der Waals surface area contributed by atoms with E-state index in [1.54, 1.807) is 0 Å². The summed E-state index contributed by atoms with van der Waals surface area (Å²) in [5.41, 5.74) is 5.23. The number of likely N-dealkylation sites (N-methyl/N-ethyl adjacent to an activating group) is 1. The van der Waals surface area contributed by atoms with Gasteiger partial charge in [0.1, 0.15) is 0 Å². The van der Waals surface area contributed by atoms with Crippen LogP contribution in [0.15, 0.2) is 24.3 Å². The summed E-state index contributed by atoms with van der Waals surface area (Å²) in [6.45, 7) is 8.23. The van der Waals surface area contributed by atoms with Gasteiger partial charge in [-0.15, -0.1) is 0 Å². The number of nitrogens with one attached hydrogen (secondary N) is 2. The summed E-state index contributed by atoms with van der Waals surface area (Å²) in [5, 5.41) is 10.1. The molecule has 6 nitrogen and oxygen atoms in total. The predicted molar refractivity (Wildman–Crippen MR) is 101 cm³/mol. The van der Waals surface area contributed by atoms with E-state index < -0.39 is 0 Å². The summed E-state index contributed by atoms with van der Waals surface area (Å²) in [6.07, 6.45) is 1.17. The first-order valence-corrected chi connectivity index (χ1v) is 8.87. The summed E-state index contributed by atoms with van der Waals surface area (Å²) in [6, 6.07) is 8.15. The van der Waals surface area contributed by atoms with Crippen LogP contribution in [0.2, 0.25) is 0 Å². The zero-order valence-electron chi connectivity index (χ0n) is 15.3. The molecule has 6 heteroatoms. The average molecular weight is 341 g/mol. The molecule has 0 bridgehead atoms. The van der Waals surface area contributed by atoms with Gasteiger partial charge in [0.15, 0.2) is 0 Å². The van der Waals surface area contributed by atoms with Crippen LogP contribution in [0.25, 0.3) is 0 Å². The molecule has 0 aliphatic carbocycles. The lowest BCUT2D eigenvalue weighted by molar-refractivity contribution is -0.116. The Morgan fingerprint density at radius 1 is 1.16 bits per heavy atom. The number of hydrogen-bond donors (Lipinski definition) is 2. The van der Waals surface area contributed by atoms with Gasteiger partial charge in [-0.1, -0.05) is 0 Å². The highest BCUT2D eigenvalue weighted by molar-refractivity contribution is 5.91. The van der Waals surface area contributed by atoms with E-state index in [1.165, 1.54) is 5.69 Å². The second-order valence-electron chi connectivity index (χ2n) is 6.80. The third-order valence-corrected chi connectivity index (χ3v) is 4.90. The van der Waals surface area contributed by atoms with E-state index in [2.05, 4.69) is 44.5 Å². The van der Waals surface area contributed by atoms with Crippen LogP contribution < -0.4 is 10.2 Å². The molecule has 0 radical (unpaired) electrons. The Balaban J connectivity index is 1.52. The molecule has 3 rings (SSSR count). The highest BCUT2D eigenvalue weighted by atomic mass is 16.1. The Hall–Kier alpha value is -2.34. The molecule has 1 amide bonds. The van der Waals surface area contributed by atoms with Crippen LogP contribution in [0.4, 0.5) is 11.4 Å². The maximum atomic E-state index is 12.2. The molecule has 1 saturated heterocycles. The van der Waals surface area contributed by atoms with Crippen LogP contribution in [-0.4, -0.2) is 54.2 Å². The normalized spacial score (nSPS) is 15.4. The van der Waals surface area contributed by atoms with Gasteiger partial charge in [-0.25, -0.2) is 0 Å². The minimum Gasteiger partial charge on any atom is -0.369 e. The van der Waals surface area contributed by atoms with Crippen molar-refractivity contribution in [3.8, 4) is 0 Å². The number of rotatable bonds is 5. The van der Waals surface area contributed by atoms with Crippen LogP contribution in [0.3, 0.4) is 0 Å². The maximum absolute atomic E-state index is 12.2. The van der Waals surface area contributed by atoms with Crippen LogP contribution in [-0.2, 0) is 11.2 Å². The van der Waals surface area contributed by atoms with Gasteiger partial charge in [0.2, 0.25) is 5.91 Å². The number of aryl methyl sites for hydroxylation is 2. The number of H-pyrrole nitrogens is 1. The van der Waals surface area contributed by atoms with Crippen molar-refractivity contribution in [2.24, 2.45) is 0 Å². The first-order chi connectivity index (χ1) is 12.0. The van der Waals surface area contributed by atoms with Crippen molar-refractivity contribution in [2.75, 3.05) is 43.4 Å². The monoisotopic (exact) mass is 341 g/mol. The molecule has 2 N–H and O–H groups in total. The SMILES string of the molecule is Cc1n[nH]c(C)c1CCC(=O)Nc1ccc(N2CCN(C)CC2)cc1. The largest absolute Gasteiger partial charge is 0.369 e. The Labute approximate surface area is 149 Å². The highest BCUT2D eigenvalue weighted by Crippen LogP contribution is 2.20. The molecule has 0 unspecified atom stereocenters. The van der Waals surface area contributed by atoms with Crippen LogP contribution in [0.5, 0.6) is 0 Å². The number of carbonyl (C=O) groups excluding carboxylic acids is 1. The molecule has 134 valence electrons. The minimum atomic E-state index is 0.0346. The summed E-state index contributed by atoms with van der Waals surface area (Å²) in [5.74, 6) is 0.0346. The number of carbonyl (C=O) groups is 1. The van der Waals surface area contributed by atoms with E-state index >= 15 is 0 Å². The molecule has 1 aromatic heterocycles. The van der Waals surface area contributed by atoms with Crippen LogP contribution in [0.1, 0.15) is 23.4 Å². The van der Waals surface area contributed by atoms with E-state index in [1.807, 2.05) is 26.0 Å². The third-order valence-electron chi connectivity index (χ3n) is 4.90. The van der Waals surface area contributed by atoms with Crippen LogP contribution in [0, 0.1) is 13.8 Å². The Bertz CT molecular complexity index is 694. The second-order valence-corrected chi connectivity index (χ2v) is 6.80. The molecule has 1 aliphatic heterocycles. The summed E-state index contributed by atoms with van der Waals surface area (Å²) in [4.78, 5) is 16.9. The van der Waals surface area contributed by atoms with Gasteiger partial charge in [-0.05, 0) is 57.1 Å². The fourth-order valence-corrected chi connectivity index (χ4v) is 3.22. The lowest BCUT2D eigenvalue weighted by Crippen LogP contribution is -2.44. The zero-order chi connectivity index (χ0) is 17.8. The fraction of sp³-hybridized carbons (Fsp3) is 0.474. The van der Waals surface area contributed by atoms with E-state index in [9.17, 15) is 4.79 Å². The molecular weight excluding hydrogens is 314 g/mol. The van der Waals surface area contributed by atoms with Gasteiger partial charge < -0.3 is 15.1 Å². The van der Waals surface area contributed by atoms with Crippen molar-refractivity contribution in [1.82, 2.24) is 15.1 Å². The van der Waals surface area contributed by atoms with Gasteiger partial charge >= 0.3 is 0 Å². The molecule has 2 heterocycles. The summed E-state index contributed by atoms with van der Waals surface area (Å²) in [7, 11) is 2.16. The molecule has 1 aromatic carbocycles. The Morgan fingerprint density at radius 3 is 2.44 bits per heavy atom. The number of amides is 1. The van der Waals surface area contributed by atoms with Crippen molar-refractivity contribution >= 4 is 17.3 Å². The van der Waals surface area contributed by atoms with Gasteiger partial charge in [0.25, 0.3) is 0 Å². The van der Waals surface area contributed by atoms with Crippen molar-refractivity contribution in [2.45, 2.75) is 26.7 Å². The summed E-state index contributed by atoms with van der Waals surface area (Å²) >= 11 is 0. The average Bonchev–Trinajstić information content (AvgIpc) is 2.93. The first-order valence-electron chi connectivity index (χ1n) is 8.87. The topological polar surface area (TPSA) is 64.3 Å². The number of benzene rings is 1. The van der Waals surface area contributed by atoms with E-state index in [-0.39, 0.29) is 5.91 Å². The smallest absolute Gasteiger partial charge is 0.224 e. The maximum Gasteiger partial charge on any atom is 0.224 e. The molecule has 0 saturated carbocycles. The lowest BCUT2D eigenvalue weighted by Gasteiger charge is -2.34. The van der Waals surface area contributed by atoms with Crippen molar-refractivity contribution in [3.63, 3.8) is 0 Å². The van der Waals surface area contributed by atoms with Gasteiger partial charge in [-0.2, -0.15) is 5.10 Å². The van der Waals surface area contributed by atoms with Crippen molar-refractivity contribution in [1.29, 1.82) is 0 Å². The second kappa shape index (κ2) is 7.70. The van der Waals surface area contributed by atoms with E-state index in [4.69, 9.17) is 0 Å². The summed E-state index contributed by atoms with van der Waals surface area (Å²) < 4.78 is 0. The van der Waals surface area contributed by atoms with Gasteiger partial charge in [-0.3, -0.25) is 9.89 Å². The number of aromatic nitrogens is 2. The third kappa shape index (κ3) is 4.39.